The highest BCUT2D eigenvalue weighted by atomic mass is 79.9. The molecule has 0 unspecified atom stereocenters. The summed E-state index contributed by atoms with van der Waals surface area (Å²) in [5.41, 5.74) is -0.00734. The first-order valence-corrected chi connectivity index (χ1v) is 6.82. The summed E-state index contributed by atoms with van der Waals surface area (Å²) in [6.07, 6.45) is 7.39. The molecule has 0 saturated heterocycles. The maximum absolute atomic E-state index is 5.65. The Hall–Kier alpha value is -0.940. The second-order valence-corrected chi connectivity index (χ2v) is 7.00. The van der Waals surface area contributed by atoms with E-state index in [1.807, 2.05) is 12.2 Å². The second-order valence-electron chi connectivity index (χ2n) is 4.66. The molecule has 3 nitrogen and oxygen atoms in total. The van der Waals surface area contributed by atoms with Gasteiger partial charge in [0.25, 0.3) is 0 Å². The molecule has 0 saturated carbocycles. The van der Waals surface area contributed by atoms with Crippen LogP contribution in [0.1, 0.15) is 37.3 Å². The smallest absolute Gasteiger partial charge is 0.218 e. The molecule has 0 fully saturated rings. The lowest BCUT2D eigenvalue weighted by Gasteiger charge is -2.12. The van der Waals surface area contributed by atoms with Crippen molar-refractivity contribution >= 4 is 39.4 Å². The number of halogens is 1. The fraction of sp³-hybridized carbons (Fsp3) is 0.333. The van der Waals surface area contributed by atoms with Crippen molar-refractivity contribution in [2.24, 2.45) is 0 Å². The van der Waals surface area contributed by atoms with E-state index in [0.717, 1.165) is 14.6 Å². The van der Waals surface area contributed by atoms with Gasteiger partial charge in [0.05, 0.1) is 6.20 Å². The molecule has 0 bridgehead atoms. The summed E-state index contributed by atoms with van der Waals surface area (Å²) in [4.78, 5) is 9.39. The number of thiazole rings is 1. The first-order valence-electron chi connectivity index (χ1n) is 5.21. The summed E-state index contributed by atoms with van der Waals surface area (Å²) < 4.78 is 6.53. The van der Waals surface area contributed by atoms with Gasteiger partial charge in [-0.2, -0.15) is 0 Å². The lowest BCUT2D eigenvalue weighted by Crippen LogP contribution is -2.09. The maximum atomic E-state index is 5.65. The average Bonchev–Trinajstić information content (AvgIpc) is 2.82. The van der Waals surface area contributed by atoms with Gasteiger partial charge in [-0.3, -0.25) is 0 Å². The third kappa shape index (κ3) is 3.26. The van der Waals surface area contributed by atoms with Crippen LogP contribution in [-0.4, -0.2) is 9.97 Å². The van der Waals surface area contributed by atoms with Gasteiger partial charge in [-0.1, -0.05) is 20.8 Å². The van der Waals surface area contributed by atoms with E-state index in [9.17, 15) is 0 Å². The van der Waals surface area contributed by atoms with E-state index < -0.39 is 0 Å². The quantitative estimate of drug-likeness (QED) is 0.827. The molecule has 0 aliphatic heterocycles. The topological polar surface area (TPSA) is 38.9 Å². The van der Waals surface area contributed by atoms with E-state index in [-0.39, 0.29) is 5.41 Å². The second kappa shape index (κ2) is 4.74. The molecule has 0 radical (unpaired) electrons. The third-order valence-corrected chi connectivity index (χ3v) is 3.59. The average molecular weight is 313 g/mol. The van der Waals surface area contributed by atoms with E-state index in [1.165, 1.54) is 0 Å². The van der Waals surface area contributed by atoms with Crippen molar-refractivity contribution in [1.29, 1.82) is 0 Å². The summed E-state index contributed by atoms with van der Waals surface area (Å²) in [5.74, 6) is 1.52. The highest BCUT2D eigenvalue weighted by molar-refractivity contribution is 9.11. The van der Waals surface area contributed by atoms with Crippen LogP contribution in [-0.2, 0) is 5.41 Å². The van der Waals surface area contributed by atoms with E-state index in [2.05, 4.69) is 46.7 Å². The molecule has 0 aliphatic carbocycles. The monoisotopic (exact) mass is 312 g/mol. The van der Waals surface area contributed by atoms with E-state index in [4.69, 9.17) is 4.42 Å². The Bertz CT molecular complexity index is 537. The number of nitrogens with zero attached hydrogens (tertiary/aromatic N) is 2. The van der Waals surface area contributed by atoms with Crippen LogP contribution in [0.3, 0.4) is 0 Å². The molecule has 2 rings (SSSR count). The van der Waals surface area contributed by atoms with Crippen molar-refractivity contribution in [3.63, 3.8) is 0 Å². The fourth-order valence-corrected chi connectivity index (χ4v) is 2.41. The van der Waals surface area contributed by atoms with Gasteiger partial charge in [0.1, 0.15) is 5.76 Å². The Kier molecular flexibility index (Phi) is 3.49. The molecule has 0 aliphatic rings. The van der Waals surface area contributed by atoms with Crippen LogP contribution in [0.25, 0.3) is 12.2 Å². The number of rotatable bonds is 2. The summed E-state index contributed by atoms with van der Waals surface area (Å²) in [6, 6.07) is 0. The molecular weight excluding hydrogens is 300 g/mol. The van der Waals surface area contributed by atoms with Crippen LogP contribution in [0.15, 0.2) is 20.7 Å². The number of hydrogen-bond donors (Lipinski definition) is 0. The summed E-state index contributed by atoms with van der Waals surface area (Å²) in [7, 11) is 0. The van der Waals surface area contributed by atoms with Crippen LogP contribution < -0.4 is 0 Å². The zero-order valence-electron chi connectivity index (χ0n) is 9.90. The summed E-state index contributed by atoms with van der Waals surface area (Å²) in [5, 5.41) is 0. The fourth-order valence-electron chi connectivity index (χ4n) is 1.21. The number of hydrogen-bond acceptors (Lipinski definition) is 4. The highest BCUT2D eigenvalue weighted by Gasteiger charge is 2.18. The minimum Gasteiger partial charge on any atom is -0.441 e. The molecule has 2 aromatic rings. The molecule has 2 aromatic heterocycles. The van der Waals surface area contributed by atoms with Crippen LogP contribution in [0, 0.1) is 0 Å². The predicted octanol–water partition coefficient (Wildman–Crippen LogP) is 4.36. The molecule has 0 amide bonds. The van der Waals surface area contributed by atoms with E-state index >= 15 is 0 Å². The molecular formula is C12H13BrN2OS. The Morgan fingerprint density at radius 3 is 2.53 bits per heavy atom. The molecule has 17 heavy (non-hydrogen) atoms. The lowest BCUT2D eigenvalue weighted by atomic mass is 9.94. The largest absolute Gasteiger partial charge is 0.441 e. The Morgan fingerprint density at radius 1 is 1.24 bits per heavy atom. The lowest BCUT2D eigenvalue weighted by molar-refractivity contribution is 0.403. The summed E-state index contributed by atoms with van der Waals surface area (Å²) in [6.45, 7) is 6.30. The SMILES string of the molecule is CC(C)(C)c1cnc(C=Cc2cnc(Br)s2)o1. The van der Waals surface area contributed by atoms with Crippen molar-refractivity contribution in [2.75, 3.05) is 0 Å². The summed E-state index contributed by atoms with van der Waals surface area (Å²) >= 11 is 4.89. The minimum atomic E-state index is -0.00734. The minimum absolute atomic E-state index is 0.00734. The van der Waals surface area contributed by atoms with Crippen LogP contribution in [0.2, 0.25) is 0 Å². The van der Waals surface area contributed by atoms with Gasteiger partial charge in [-0.15, -0.1) is 11.3 Å². The van der Waals surface area contributed by atoms with E-state index in [1.54, 1.807) is 23.7 Å². The molecule has 0 atom stereocenters. The standard InChI is InChI=1S/C12H13BrN2OS/c1-12(2,3)9-7-14-10(16-9)5-4-8-6-15-11(13)17-8/h4-7H,1-3H3. The number of aromatic nitrogens is 2. The Balaban J connectivity index is 2.14. The first-order chi connectivity index (χ1) is 7.95. The Labute approximate surface area is 113 Å². The van der Waals surface area contributed by atoms with Gasteiger partial charge in [0, 0.05) is 22.6 Å². The van der Waals surface area contributed by atoms with Crippen molar-refractivity contribution in [3.05, 3.63) is 32.8 Å². The van der Waals surface area contributed by atoms with Gasteiger partial charge in [-0.25, -0.2) is 9.97 Å². The first kappa shape index (κ1) is 12.5. The Morgan fingerprint density at radius 2 is 2.00 bits per heavy atom. The molecule has 90 valence electrons. The predicted molar refractivity (Wildman–Crippen MR) is 73.9 cm³/mol. The van der Waals surface area contributed by atoms with Crippen molar-refractivity contribution in [3.8, 4) is 0 Å². The van der Waals surface area contributed by atoms with Crippen LogP contribution >= 0.6 is 27.3 Å². The van der Waals surface area contributed by atoms with Gasteiger partial charge in [-0.05, 0) is 22.0 Å². The molecule has 0 N–H and O–H groups in total. The third-order valence-electron chi connectivity index (χ3n) is 2.15. The zero-order chi connectivity index (χ0) is 12.5. The van der Waals surface area contributed by atoms with Crippen LogP contribution in [0.5, 0.6) is 0 Å². The number of oxazole rings is 1. The van der Waals surface area contributed by atoms with Gasteiger partial charge in [0.15, 0.2) is 3.92 Å². The van der Waals surface area contributed by atoms with Crippen LogP contribution in [0.4, 0.5) is 0 Å². The highest BCUT2D eigenvalue weighted by Crippen LogP contribution is 2.24. The molecule has 0 aromatic carbocycles. The van der Waals surface area contributed by atoms with Gasteiger partial charge < -0.3 is 4.42 Å². The van der Waals surface area contributed by atoms with Crippen molar-refractivity contribution in [1.82, 2.24) is 9.97 Å². The van der Waals surface area contributed by atoms with Gasteiger partial charge >= 0.3 is 0 Å². The zero-order valence-corrected chi connectivity index (χ0v) is 12.3. The molecule has 0 spiro atoms. The van der Waals surface area contributed by atoms with Gasteiger partial charge in [0.2, 0.25) is 5.89 Å². The molecule has 2 heterocycles. The normalized spacial score (nSPS) is 12.5. The van der Waals surface area contributed by atoms with Crippen molar-refractivity contribution in [2.45, 2.75) is 26.2 Å². The molecule has 5 heteroatoms. The van der Waals surface area contributed by atoms with E-state index in [0.29, 0.717) is 5.89 Å². The van der Waals surface area contributed by atoms with Crippen molar-refractivity contribution < 1.29 is 4.42 Å². The maximum Gasteiger partial charge on any atom is 0.218 e.